The summed E-state index contributed by atoms with van der Waals surface area (Å²) in [5.74, 6) is 0.697. The Balaban J connectivity index is 0.965. The van der Waals surface area contributed by atoms with Crippen LogP contribution in [0.25, 0.3) is 111 Å². The number of aromatic nitrogens is 2. The second-order valence-electron chi connectivity index (χ2n) is 16.6. The number of furan rings is 1. The van der Waals surface area contributed by atoms with E-state index in [1.54, 1.807) is 0 Å². The van der Waals surface area contributed by atoms with Crippen LogP contribution in [0.2, 0.25) is 0 Å². The summed E-state index contributed by atoms with van der Waals surface area (Å²) in [6.45, 7) is 4.71. The van der Waals surface area contributed by atoms with Crippen LogP contribution in [-0.4, -0.2) is 9.97 Å². The zero-order chi connectivity index (χ0) is 40.0. The monoisotopic (exact) mass is 766 g/mol. The first-order valence-electron chi connectivity index (χ1n) is 20.6. The fourth-order valence-electron chi connectivity index (χ4n) is 9.59. The number of benzene rings is 9. The lowest BCUT2D eigenvalue weighted by Gasteiger charge is -2.22. The second-order valence-corrected chi connectivity index (χ2v) is 16.6. The molecule has 0 atom stereocenters. The smallest absolute Gasteiger partial charge is 0.160 e. The van der Waals surface area contributed by atoms with E-state index in [-0.39, 0.29) is 5.41 Å². The topological polar surface area (TPSA) is 38.9 Å². The number of fused-ring (bicyclic) bond motifs is 8. The summed E-state index contributed by atoms with van der Waals surface area (Å²) < 4.78 is 6.41. The van der Waals surface area contributed by atoms with E-state index in [1.165, 1.54) is 54.9 Å². The van der Waals surface area contributed by atoms with Crippen molar-refractivity contribution in [2.24, 2.45) is 0 Å². The van der Waals surface area contributed by atoms with E-state index in [9.17, 15) is 0 Å². The van der Waals surface area contributed by atoms with E-state index in [4.69, 9.17) is 14.4 Å². The van der Waals surface area contributed by atoms with Gasteiger partial charge in [0.15, 0.2) is 5.82 Å². The van der Waals surface area contributed by atoms with Gasteiger partial charge in [0, 0.05) is 32.9 Å². The summed E-state index contributed by atoms with van der Waals surface area (Å²) >= 11 is 0. The molecule has 1 aliphatic rings. The summed E-state index contributed by atoms with van der Waals surface area (Å²) in [5, 5.41) is 7.17. The van der Waals surface area contributed by atoms with E-state index < -0.39 is 0 Å². The van der Waals surface area contributed by atoms with Crippen LogP contribution in [0.5, 0.6) is 0 Å². The molecule has 2 aromatic heterocycles. The Morgan fingerprint density at radius 2 is 0.983 bits per heavy atom. The molecule has 0 spiro atoms. The molecule has 0 amide bonds. The number of nitrogens with zero attached hydrogens (tertiary/aromatic N) is 2. The first-order valence-corrected chi connectivity index (χ1v) is 20.6. The van der Waals surface area contributed by atoms with Gasteiger partial charge in [-0.2, -0.15) is 0 Å². The molecule has 1 aliphatic carbocycles. The normalized spacial score (nSPS) is 13.0. The molecule has 0 N–H and O–H groups in total. The van der Waals surface area contributed by atoms with E-state index in [2.05, 4.69) is 190 Å². The maximum Gasteiger partial charge on any atom is 0.160 e. The lowest BCUT2D eigenvalue weighted by Crippen LogP contribution is -2.14. The van der Waals surface area contributed by atoms with Crippen LogP contribution in [0.3, 0.4) is 0 Å². The van der Waals surface area contributed by atoms with Crippen molar-refractivity contribution in [2.45, 2.75) is 19.3 Å². The molecule has 0 bridgehead atoms. The SMILES string of the molecule is CC1(C)c2cc3ccccc3cc2-c2c(-c3cccc(-c4cc(-c5ccc(-c6cccc7oc8cc9ccccc9cc8c67)cc5)nc(-c5ccccc5)n4)c3)cccc21. The molecule has 60 heavy (non-hydrogen) atoms. The van der Waals surface area contributed by atoms with Crippen LogP contribution < -0.4 is 0 Å². The van der Waals surface area contributed by atoms with Gasteiger partial charge in [0.25, 0.3) is 0 Å². The molecule has 0 unspecified atom stereocenters. The van der Waals surface area contributed by atoms with E-state index in [0.29, 0.717) is 5.82 Å². The number of rotatable bonds is 5. The molecular formula is C57H38N2O. The van der Waals surface area contributed by atoms with Gasteiger partial charge in [0.1, 0.15) is 11.2 Å². The highest BCUT2D eigenvalue weighted by molar-refractivity contribution is 6.15. The Hall–Kier alpha value is -7.62. The van der Waals surface area contributed by atoms with Crippen molar-refractivity contribution in [2.75, 3.05) is 0 Å². The standard InChI is InChI=1S/C57H38N2O/c1-57(2)48-23-11-21-45(54(48)46-30-38-15-6-8-17-40(38)32-49(46)57)42-19-10-20-43(29-42)51-34-50(58-56(59-51)37-13-4-3-5-14-37)36-27-25-35(26-28-36)44-22-12-24-52-55(44)47-31-39-16-7-9-18-41(39)33-53(47)60-52/h3-34H,1-2H3. The average Bonchev–Trinajstić information content (AvgIpc) is 3.78. The first-order chi connectivity index (χ1) is 29.5. The van der Waals surface area contributed by atoms with Gasteiger partial charge in [-0.1, -0.05) is 166 Å². The minimum Gasteiger partial charge on any atom is -0.456 e. The first kappa shape index (κ1) is 34.4. The maximum absolute atomic E-state index is 6.41. The van der Waals surface area contributed by atoms with Crippen molar-refractivity contribution in [3.8, 4) is 67.3 Å². The van der Waals surface area contributed by atoms with Crippen LogP contribution in [0.15, 0.2) is 199 Å². The van der Waals surface area contributed by atoms with Gasteiger partial charge in [-0.25, -0.2) is 9.97 Å². The fourth-order valence-corrected chi connectivity index (χ4v) is 9.59. The van der Waals surface area contributed by atoms with Gasteiger partial charge < -0.3 is 4.42 Å². The van der Waals surface area contributed by atoms with Crippen LogP contribution in [0, 0.1) is 0 Å². The highest BCUT2D eigenvalue weighted by Crippen LogP contribution is 2.53. The van der Waals surface area contributed by atoms with Crippen molar-refractivity contribution in [3.05, 3.63) is 205 Å². The van der Waals surface area contributed by atoms with Gasteiger partial charge >= 0.3 is 0 Å². The molecule has 2 heterocycles. The molecule has 0 aliphatic heterocycles. The minimum atomic E-state index is -0.113. The summed E-state index contributed by atoms with van der Waals surface area (Å²) in [5.41, 5.74) is 16.5. The molecule has 0 fully saturated rings. The second kappa shape index (κ2) is 13.2. The Morgan fingerprint density at radius 1 is 0.383 bits per heavy atom. The molecule has 11 aromatic rings. The van der Waals surface area contributed by atoms with E-state index in [1.807, 2.05) is 18.2 Å². The average molecular weight is 767 g/mol. The summed E-state index contributed by atoms with van der Waals surface area (Å²) in [4.78, 5) is 10.4. The molecule has 3 nitrogen and oxygen atoms in total. The molecule has 0 radical (unpaired) electrons. The number of hydrogen-bond donors (Lipinski definition) is 0. The maximum atomic E-state index is 6.41. The molecular weight excluding hydrogens is 729 g/mol. The quantitative estimate of drug-likeness (QED) is 0.175. The largest absolute Gasteiger partial charge is 0.456 e. The highest BCUT2D eigenvalue weighted by Gasteiger charge is 2.37. The predicted molar refractivity (Wildman–Crippen MR) is 249 cm³/mol. The van der Waals surface area contributed by atoms with Gasteiger partial charge in [-0.05, 0) is 109 Å². The summed E-state index contributed by atoms with van der Waals surface area (Å²) in [6.07, 6.45) is 0. The van der Waals surface area contributed by atoms with Crippen LogP contribution in [0.4, 0.5) is 0 Å². The third-order valence-electron chi connectivity index (χ3n) is 12.6. The summed E-state index contributed by atoms with van der Waals surface area (Å²) in [6, 6.07) is 69.5. The Bertz CT molecular complexity index is 3500. The minimum absolute atomic E-state index is 0.113. The fraction of sp³-hybridized carbons (Fsp3) is 0.0526. The molecule has 0 saturated heterocycles. The van der Waals surface area contributed by atoms with Gasteiger partial charge in [-0.15, -0.1) is 0 Å². The van der Waals surface area contributed by atoms with Crippen molar-refractivity contribution < 1.29 is 4.42 Å². The lowest BCUT2D eigenvalue weighted by atomic mass is 9.81. The highest BCUT2D eigenvalue weighted by atomic mass is 16.3. The van der Waals surface area contributed by atoms with Gasteiger partial charge in [0.2, 0.25) is 0 Å². The van der Waals surface area contributed by atoms with Gasteiger partial charge in [0.05, 0.1) is 11.4 Å². The van der Waals surface area contributed by atoms with E-state index >= 15 is 0 Å². The van der Waals surface area contributed by atoms with Crippen molar-refractivity contribution in [3.63, 3.8) is 0 Å². The molecule has 9 aromatic carbocycles. The predicted octanol–water partition coefficient (Wildman–Crippen LogP) is 15.3. The zero-order valence-electron chi connectivity index (χ0n) is 33.3. The number of hydrogen-bond acceptors (Lipinski definition) is 3. The molecule has 3 heteroatoms. The van der Waals surface area contributed by atoms with Crippen LogP contribution in [-0.2, 0) is 5.41 Å². The third kappa shape index (κ3) is 5.43. The molecule has 282 valence electrons. The Kier molecular flexibility index (Phi) is 7.58. The van der Waals surface area contributed by atoms with Crippen molar-refractivity contribution in [1.82, 2.24) is 9.97 Å². The Labute approximate surface area is 348 Å². The molecule has 0 saturated carbocycles. The van der Waals surface area contributed by atoms with Crippen LogP contribution >= 0.6 is 0 Å². The third-order valence-corrected chi connectivity index (χ3v) is 12.6. The van der Waals surface area contributed by atoms with E-state index in [0.717, 1.165) is 61.1 Å². The molecule has 12 rings (SSSR count). The van der Waals surface area contributed by atoms with Crippen LogP contribution in [0.1, 0.15) is 25.0 Å². The van der Waals surface area contributed by atoms with Crippen molar-refractivity contribution in [1.29, 1.82) is 0 Å². The van der Waals surface area contributed by atoms with Crippen molar-refractivity contribution >= 4 is 43.5 Å². The zero-order valence-corrected chi connectivity index (χ0v) is 33.3. The lowest BCUT2D eigenvalue weighted by molar-refractivity contribution is 0.661. The van der Waals surface area contributed by atoms with Gasteiger partial charge in [-0.3, -0.25) is 0 Å². The summed E-state index contributed by atoms with van der Waals surface area (Å²) in [7, 11) is 0. The Morgan fingerprint density at radius 3 is 1.77 bits per heavy atom.